The second kappa shape index (κ2) is 5.64. The van der Waals surface area contributed by atoms with E-state index in [4.69, 9.17) is 4.74 Å². The summed E-state index contributed by atoms with van der Waals surface area (Å²) >= 11 is 1.37. The molecule has 1 aliphatic rings. The van der Waals surface area contributed by atoms with Gasteiger partial charge in [-0.1, -0.05) is 0 Å². The van der Waals surface area contributed by atoms with Gasteiger partial charge in [0.25, 0.3) is 6.43 Å². The minimum atomic E-state index is -2.43. The van der Waals surface area contributed by atoms with Crippen molar-refractivity contribution in [3.05, 3.63) is 15.6 Å². The number of halogens is 2. The number of carbonyl (C=O) groups excluding carboxylic acids is 1. The van der Waals surface area contributed by atoms with Gasteiger partial charge in [0.05, 0.1) is 22.2 Å². The number of aryl methyl sites for hydroxylation is 1. The summed E-state index contributed by atoms with van der Waals surface area (Å²) in [7, 11) is 0. The van der Waals surface area contributed by atoms with E-state index in [1.54, 1.807) is 0 Å². The first-order chi connectivity index (χ1) is 8.16. The molecule has 0 aliphatic heterocycles. The van der Waals surface area contributed by atoms with Crippen molar-refractivity contribution in [2.45, 2.75) is 32.1 Å². The molecule has 0 amide bonds. The fourth-order valence-corrected chi connectivity index (χ4v) is 2.82. The Hall–Kier alpha value is -0.880. The first-order valence-corrected chi connectivity index (χ1v) is 6.36. The van der Waals surface area contributed by atoms with Crippen LogP contribution in [0.1, 0.15) is 33.2 Å². The number of hydrogen-bond donors (Lipinski definition) is 0. The summed E-state index contributed by atoms with van der Waals surface area (Å²) in [5.74, 6) is 0.156. The lowest BCUT2D eigenvalue weighted by Gasteiger charge is -2.06. The lowest BCUT2D eigenvalue weighted by Crippen LogP contribution is -2.08. The van der Waals surface area contributed by atoms with Crippen LogP contribution in [0.4, 0.5) is 8.78 Å². The SMILES string of the molecule is O=C1CCCc2nc(CCOCC(F)F)sc21. The maximum atomic E-state index is 11.8. The molecule has 0 radical (unpaired) electrons. The molecule has 1 aromatic rings. The number of alkyl halides is 2. The molecule has 6 heteroatoms. The summed E-state index contributed by atoms with van der Waals surface area (Å²) in [5.41, 5.74) is 0.870. The van der Waals surface area contributed by atoms with Gasteiger partial charge in [0, 0.05) is 12.8 Å². The molecule has 0 fully saturated rings. The number of ketones is 1. The van der Waals surface area contributed by atoms with Gasteiger partial charge in [0.2, 0.25) is 0 Å². The Morgan fingerprint density at radius 2 is 2.24 bits per heavy atom. The number of hydrogen-bond acceptors (Lipinski definition) is 4. The second-order valence-corrected chi connectivity index (χ2v) is 4.96. The van der Waals surface area contributed by atoms with E-state index in [0.717, 1.165) is 28.4 Å². The molecule has 1 heterocycles. The topological polar surface area (TPSA) is 39.2 Å². The van der Waals surface area contributed by atoms with Gasteiger partial charge in [0.15, 0.2) is 5.78 Å². The minimum absolute atomic E-state index is 0.156. The van der Waals surface area contributed by atoms with E-state index in [1.165, 1.54) is 11.3 Å². The maximum Gasteiger partial charge on any atom is 0.261 e. The van der Waals surface area contributed by atoms with Gasteiger partial charge in [-0.2, -0.15) is 0 Å². The summed E-state index contributed by atoms with van der Waals surface area (Å²) in [5, 5.41) is 0.805. The fourth-order valence-electron chi connectivity index (χ4n) is 1.76. The Morgan fingerprint density at radius 1 is 1.41 bits per heavy atom. The predicted octanol–water partition coefficient (Wildman–Crippen LogP) is 2.49. The van der Waals surface area contributed by atoms with Gasteiger partial charge in [-0.25, -0.2) is 13.8 Å². The third kappa shape index (κ3) is 3.29. The Morgan fingerprint density at radius 3 is 2.94 bits per heavy atom. The van der Waals surface area contributed by atoms with Crippen LogP contribution in [-0.2, 0) is 17.6 Å². The van der Waals surface area contributed by atoms with Gasteiger partial charge in [0.1, 0.15) is 6.61 Å². The number of aromatic nitrogens is 1. The Labute approximate surface area is 102 Å². The quantitative estimate of drug-likeness (QED) is 0.764. The van der Waals surface area contributed by atoms with E-state index in [-0.39, 0.29) is 12.4 Å². The lowest BCUT2D eigenvalue weighted by molar-refractivity contribution is 0.0187. The molecule has 0 atom stereocenters. The smallest absolute Gasteiger partial charge is 0.261 e. The van der Waals surface area contributed by atoms with Crippen molar-refractivity contribution < 1.29 is 18.3 Å². The normalized spacial score (nSPS) is 15.4. The number of rotatable bonds is 5. The molecule has 0 saturated heterocycles. The van der Waals surface area contributed by atoms with Crippen LogP contribution in [0.25, 0.3) is 0 Å². The first-order valence-electron chi connectivity index (χ1n) is 5.54. The van der Waals surface area contributed by atoms with E-state index in [2.05, 4.69) is 4.98 Å². The molecule has 17 heavy (non-hydrogen) atoms. The summed E-state index contributed by atoms with van der Waals surface area (Å²) in [6.07, 6.45) is 0.363. The zero-order chi connectivity index (χ0) is 12.3. The van der Waals surface area contributed by atoms with Crippen LogP contribution in [0, 0.1) is 0 Å². The number of Topliss-reactive ketones (excluding diaryl/α,β-unsaturated/α-hetero) is 1. The largest absolute Gasteiger partial charge is 0.375 e. The second-order valence-electron chi connectivity index (χ2n) is 3.88. The summed E-state index contributed by atoms with van der Waals surface area (Å²) in [4.78, 5) is 16.7. The van der Waals surface area contributed by atoms with Crippen molar-refractivity contribution in [2.24, 2.45) is 0 Å². The number of nitrogens with zero attached hydrogens (tertiary/aromatic N) is 1. The highest BCUT2D eigenvalue weighted by Gasteiger charge is 2.21. The minimum Gasteiger partial charge on any atom is -0.375 e. The Bertz CT molecular complexity index is 406. The van der Waals surface area contributed by atoms with E-state index >= 15 is 0 Å². The molecular weight excluding hydrogens is 248 g/mol. The molecule has 0 aromatic carbocycles. The van der Waals surface area contributed by atoms with Crippen molar-refractivity contribution in [3.63, 3.8) is 0 Å². The monoisotopic (exact) mass is 261 g/mol. The molecular formula is C11H13F2NO2S. The highest BCUT2D eigenvalue weighted by Crippen LogP contribution is 2.26. The zero-order valence-electron chi connectivity index (χ0n) is 9.25. The average Bonchev–Trinajstić information content (AvgIpc) is 2.69. The van der Waals surface area contributed by atoms with Gasteiger partial charge in [-0.3, -0.25) is 4.79 Å². The molecule has 0 bridgehead atoms. The maximum absolute atomic E-state index is 11.8. The van der Waals surface area contributed by atoms with E-state index in [1.807, 2.05) is 0 Å². The number of fused-ring (bicyclic) bond motifs is 1. The first kappa shape index (κ1) is 12.6. The average molecular weight is 261 g/mol. The van der Waals surface area contributed by atoms with Crippen LogP contribution in [0.3, 0.4) is 0 Å². The van der Waals surface area contributed by atoms with Crippen molar-refractivity contribution in [2.75, 3.05) is 13.2 Å². The van der Waals surface area contributed by atoms with Crippen molar-refractivity contribution in [1.82, 2.24) is 4.98 Å². The lowest BCUT2D eigenvalue weighted by atomic mass is 10.0. The van der Waals surface area contributed by atoms with Gasteiger partial charge in [-0.05, 0) is 12.8 Å². The molecule has 0 spiro atoms. The summed E-state index contributed by atoms with van der Waals surface area (Å²) in [6, 6.07) is 0. The van der Waals surface area contributed by atoms with E-state index < -0.39 is 13.0 Å². The van der Waals surface area contributed by atoms with Crippen LogP contribution in [0.2, 0.25) is 0 Å². The molecule has 3 nitrogen and oxygen atoms in total. The highest BCUT2D eigenvalue weighted by atomic mass is 32.1. The van der Waals surface area contributed by atoms with Crippen molar-refractivity contribution in [1.29, 1.82) is 0 Å². The predicted molar refractivity (Wildman–Crippen MR) is 59.9 cm³/mol. The number of carbonyl (C=O) groups is 1. The molecule has 94 valence electrons. The molecule has 0 unspecified atom stereocenters. The Kier molecular flexibility index (Phi) is 4.17. The van der Waals surface area contributed by atoms with Crippen LogP contribution >= 0.6 is 11.3 Å². The van der Waals surface area contributed by atoms with Crippen LogP contribution in [-0.4, -0.2) is 30.4 Å². The fraction of sp³-hybridized carbons (Fsp3) is 0.636. The van der Waals surface area contributed by atoms with Crippen molar-refractivity contribution in [3.8, 4) is 0 Å². The van der Waals surface area contributed by atoms with Gasteiger partial charge < -0.3 is 4.74 Å². The number of thiazole rings is 1. The van der Waals surface area contributed by atoms with Crippen LogP contribution in [0.5, 0.6) is 0 Å². The summed E-state index contributed by atoms with van der Waals surface area (Å²) in [6.45, 7) is -0.311. The van der Waals surface area contributed by atoms with E-state index in [9.17, 15) is 13.6 Å². The van der Waals surface area contributed by atoms with E-state index in [0.29, 0.717) is 12.8 Å². The molecule has 1 aliphatic carbocycles. The third-order valence-corrected chi connectivity index (χ3v) is 3.71. The Balaban J connectivity index is 1.88. The standard InChI is InChI=1S/C11H13F2NO2S/c12-9(13)6-16-5-4-10-14-7-2-1-3-8(15)11(7)17-10/h9H,1-6H2. The zero-order valence-corrected chi connectivity index (χ0v) is 10.1. The van der Waals surface area contributed by atoms with Crippen LogP contribution in [0.15, 0.2) is 0 Å². The highest BCUT2D eigenvalue weighted by molar-refractivity contribution is 7.13. The summed E-state index contributed by atoms with van der Waals surface area (Å²) < 4.78 is 28.4. The molecule has 0 N–H and O–H groups in total. The molecule has 2 rings (SSSR count). The molecule has 1 aromatic heterocycles. The third-order valence-electron chi connectivity index (χ3n) is 2.52. The van der Waals surface area contributed by atoms with Crippen LogP contribution < -0.4 is 0 Å². The molecule has 0 saturated carbocycles. The van der Waals surface area contributed by atoms with Gasteiger partial charge >= 0.3 is 0 Å². The number of ether oxygens (including phenoxy) is 1. The van der Waals surface area contributed by atoms with Gasteiger partial charge in [-0.15, -0.1) is 11.3 Å². The van der Waals surface area contributed by atoms with Crippen molar-refractivity contribution >= 4 is 17.1 Å².